The van der Waals surface area contributed by atoms with E-state index in [1.54, 1.807) is 12.1 Å². The van der Waals surface area contributed by atoms with Crippen molar-refractivity contribution in [2.24, 2.45) is 10.9 Å². The molecule has 2 N–H and O–H groups in total. The normalized spacial score (nSPS) is 21.5. The molecular weight excluding hydrogens is 370 g/mol. The number of benzene rings is 1. The van der Waals surface area contributed by atoms with Crippen molar-refractivity contribution in [2.75, 3.05) is 32.8 Å². The van der Waals surface area contributed by atoms with Crippen LogP contribution in [0.3, 0.4) is 0 Å². The summed E-state index contributed by atoms with van der Waals surface area (Å²) >= 11 is 0. The first kappa shape index (κ1) is 21.5. The highest BCUT2D eigenvalue weighted by atomic mass is 16.6. The van der Waals surface area contributed by atoms with E-state index in [1.165, 1.54) is 12.1 Å². The molecular formula is C21H33N5O3. The lowest BCUT2D eigenvalue weighted by atomic mass is 10.0. The number of nitrogens with zero attached hydrogens (tertiary/aromatic N) is 3. The molecule has 0 amide bonds. The van der Waals surface area contributed by atoms with Gasteiger partial charge in [-0.25, -0.2) is 4.99 Å². The number of nitro benzene ring substituents is 1. The summed E-state index contributed by atoms with van der Waals surface area (Å²) in [6.45, 7) is 9.66. The monoisotopic (exact) mass is 403 g/mol. The van der Waals surface area contributed by atoms with Crippen molar-refractivity contribution < 1.29 is 9.66 Å². The molecule has 8 nitrogen and oxygen atoms in total. The van der Waals surface area contributed by atoms with Gasteiger partial charge in [0.05, 0.1) is 18.1 Å². The van der Waals surface area contributed by atoms with E-state index in [2.05, 4.69) is 29.4 Å². The smallest absolute Gasteiger partial charge is 0.269 e. The van der Waals surface area contributed by atoms with Crippen LogP contribution >= 0.6 is 0 Å². The molecule has 3 rings (SSSR count). The molecule has 8 heteroatoms. The highest BCUT2D eigenvalue weighted by Gasteiger charge is 2.22. The zero-order valence-electron chi connectivity index (χ0n) is 17.5. The number of likely N-dealkylation sites (tertiary alicyclic amines) is 1. The van der Waals surface area contributed by atoms with Crippen LogP contribution in [0.15, 0.2) is 29.3 Å². The van der Waals surface area contributed by atoms with Crippen LogP contribution in [0.4, 0.5) is 5.69 Å². The Morgan fingerprint density at radius 2 is 2.00 bits per heavy atom. The lowest BCUT2D eigenvalue weighted by Crippen LogP contribution is -2.50. The summed E-state index contributed by atoms with van der Waals surface area (Å²) in [6, 6.07) is 7.60. The van der Waals surface area contributed by atoms with Gasteiger partial charge in [0.1, 0.15) is 0 Å². The first-order valence-electron chi connectivity index (χ1n) is 10.6. The minimum atomic E-state index is -0.380. The number of ether oxygens (including phenoxy) is 1. The molecule has 160 valence electrons. The van der Waals surface area contributed by atoms with Crippen LogP contribution in [0.25, 0.3) is 0 Å². The van der Waals surface area contributed by atoms with Crippen LogP contribution in [0, 0.1) is 16.0 Å². The molecule has 2 saturated heterocycles. The van der Waals surface area contributed by atoms with Gasteiger partial charge in [0.2, 0.25) is 0 Å². The molecule has 1 atom stereocenters. The molecule has 1 unspecified atom stereocenters. The van der Waals surface area contributed by atoms with Crippen molar-refractivity contribution >= 4 is 11.6 Å². The van der Waals surface area contributed by atoms with E-state index < -0.39 is 0 Å². The highest BCUT2D eigenvalue weighted by molar-refractivity contribution is 5.80. The van der Waals surface area contributed by atoms with Gasteiger partial charge in [0.15, 0.2) is 5.96 Å². The van der Waals surface area contributed by atoms with E-state index in [1.807, 2.05) is 0 Å². The Morgan fingerprint density at radius 3 is 2.59 bits per heavy atom. The standard InChI is InChI=1S/C21H33N5O3/c1-16(2)25-10-7-19(8-11-25)24-21(23-14-18-9-12-29-15-18)22-13-17-3-5-20(6-4-17)26(27)28/h3-6,16,18-19H,7-15H2,1-2H3,(H2,22,23,24). The SMILES string of the molecule is CC(C)N1CCC(NC(=NCc2ccc([N+](=O)[O-])cc2)NCC2CCOC2)CC1. The molecule has 2 aliphatic rings. The molecule has 1 aromatic rings. The van der Waals surface area contributed by atoms with Crippen LogP contribution in [0.5, 0.6) is 0 Å². The van der Waals surface area contributed by atoms with E-state index in [9.17, 15) is 10.1 Å². The summed E-state index contributed by atoms with van der Waals surface area (Å²) in [5.41, 5.74) is 1.06. The van der Waals surface area contributed by atoms with E-state index in [0.717, 1.165) is 63.6 Å². The van der Waals surface area contributed by atoms with E-state index in [-0.39, 0.29) is 10.6 Å². The van der Waals surface area contributed by atoms with Crippen molar-refractivity contribution in [3.63, 3.8) is 0 Å². The van der Waals surface area contributed by atoms with Crippen molar-refractivity contribution in [1.29, 1.82) is 0 Å². The lowest BCUT2D eigenvalue weighted by Gasteiger charge is -2.35. The second-order valence-electron chi connectivity index (χ2n) is 8.25. The van der Waals surface area contributed by atoms with Gasteiger partial charge >= 0.3 is 0 Å². The van der Waals surface area contributed by atoms with Crippen LogP contribution in [0.1, 0.15) is 38.7 Å². The van der Waals surface area contributed by atoms with Gasteiger partial charge in [-0.3, -0.25) is 10.1 Å². The second-order valence-corrected chi connectivity index (χ2v) is 8.25. The van der Waals surface area contributed by atoms with Gasteiger partial charge in [0, 0.05) is 56.4 Å². The Bertz CT molecular complexity index is 678. The molecule has 0 radical (unpaired) electrons. The third-order valence-electron chi connectivity index (χ3n) is 5.75. The molecule has 0 aliphatic carbocycles. The maximum Gasteiger partial charge on any atom is 0.269 e. The number of aliphatic imine (C=N–C) groups is 1. The van der Waals surface area contributed by atoms with Gasteiger partial charge in [0.25, 0.3) is 5.69 Å². The van der Waals surface area contributed by atoms with Gasteiger partial charge in [-0.05, 0) is 38.7 Å². The fourth-order valence-electron chi connectivity index (χ4n) is 3.78. The first-order chi connectivity index (χ1) is 14.0. The average Bonchev–Trinajstić information content (AvgIpc) is 3.24. The molecule has 2 aliphatic heterocycles. The first-order valence-corrected chi connectivity index (χ1v) is 10.6. The number of nitrogens with one attached hydrogen (secondary N) is 2. The zero-order chi connectivity index (χ0) is 20.6. The minimum absolute atomic E-state index is 0.104. The summed E-state index contributed by atoms with van der Waals surface area (Å²) in [5.74, 6) is 1.34. The Hall–Kier alpha value is -2.19. The van der Waals surface area contributed by atoms with Crippen molar-refractivity contribution in [2.45, 2.75) is 51.7 Å². The third-order valence-corrected chi connectivity index (χ3v) is 5.75. The molecule has 1 aromatic carbocycles. The summed E-state index contributed by atoms with van der Waals surface area (Å²) in [5, 5.41) is 17.9. The molecule has 2 heterocycles. The topological polar surface area (TPSA) is 92.0 Å². The Balaban J connectivity index is 1.58. The Kier molecular flexibility index (Phi) is 7.83. The third kappa shape index (κ3) is 6.68. The number of nitro groups is 1. The fourth-order valence-corrected chi connectivity index (χ4v) is 3.78. The number of non-ortho nitro benzene ring substituents is 1. The molecule has 0 spiro atoms. The van der Waals surface area contributed by atoms with Crippen molar-refractivity contribution in [3.8, 4) is 0 Å². The Labute approximate surface area is 172 Å². The predicted molar refractivity (Wildman–Crippen MR) is 114 cm³/mol. The molecule has 0 aromatic heterocycles. The summed E-state index contributed by atoms with van der Waals surface area (Å²) in [4.78, 5) is 17.7. The number of rotatable bonds is 7. The van der Waals surface area contributed by atoms with E-state index in [0.29, 0.717) is 24.5 Å². The number of piperidine rings is 1. The number of hydrogen-bond donors (Lipinski definition) is 2. The van der Waals surface area contributed by atoms with Crippen LogP contribution < -0.4 is 10.6 Å². The van der Waals surface area contributed by atoms with Crippen LogP contribution in [-0.4, -0.2) is 60.7 Å². The maximum atomic E-state index is 10.8. The second kappa shape index (κ2) is 10.5. The quantitative estimate of drug-likeness (QED) is 0.315. The van der Waals surface area contributed by atoms with E-state index in [4.69, 9.17) is 9.73 Å². The largest absolute Gasteiger partial charge is 0.381 e. The summed E-state index contributed by atoms with van der Waals surface area (Å²) < 4.78 is 5.47. The molecule has 2 fully saturated rings. The molecule has 29 heavy (non-hydrogen) atoms. The van der Waals surface area contributed by atoms with Crippen LogP contribution in [-0.2, 0) is 11.3 Å². The van der Waals surface area contributed by atoms with Gasteiger partial charge in [-0.1, -0.05) is 12.1 Å². The number of hydrogen-bond acceptors (Lipinski definition) is 5. The molecule has 0 saturated carbocycles. The highest BCUT2D eigenvalue weighted by Crippen LogP contribution is 2.15. The van der Waals surface area contributed by atoms with E-state index >= 15 is 0 Å². The fraction of sp³-hybridized carbons (Fsp3) is 0.667. The van der Waals surface area contributed by atoms with Crippen molar-refractivity contribution in [3.05, 3.63) is 39.9 Å². The summed E-state index contributed by atoms with van der Waals surface area (Å²) in [7, 11) is 0. The van der Waals surface area contributed by atoms with Crippen LogP contribution in [0.2, 0.25) is 0 Å². The minimum Gasteiger partial charge on any atom is -0.381 e. The van der Waals surface area contributed by atoms with Gasteiger partial charge in [-0.15, -0.1) is 0 Å². The predicted octanol–water partition coefficient (Wildman–Crippen LogP) is 2.54. The lowest BCUT2D eigenvalue weighted by molar-refractivity contribution is -0.384. The average molecular weight is 404 g/mol. The summed E-state index contributed by atoms with van der Waals surface area (Å²) in [6.07, 6.45) is 3.28. The maximum absolute atomic E-state index is 10.8. The Morgan fingerprint density at radius 1 is 1.28 bits per heavy atom. The van der Waals surface area contributed by atoms with Crippen molar-refractivity contribution in [1.82, 2.24) is 15.5 Å². The number of guanidine groups is 1. The zero-order valence-corrected chi connectivity index (χ0v) is 17.5. The van der Waals surface area contributed by atoms with Gasteiger partial charge in [-0.2, -0.15) is 0 Å². The van der Waals surface area contributed by atoms with Gasteiger partial charge < -0.3 is 20.3 Å². The molecule has 0 bridgehead atoms.